The third-order valence-corrected chi connectivity index (χ3v) is 3.40. The average Bonchev–Trinajstić information content (AvgIpc) is 2.55. The number of benzene rings is 1. The van der Waals surface area contributed by atoms with Gasteiger partial charge in [-0.15, -0.1) is 0 Å². The van der Waals surface area contributed by atoms with Gasteiger partial charge in [0.25, 0.3) is 0 Å². The largest absolute Gasteiger partial charge is 0.462 e. The fourth-order valence-corrected chi connectivity index (χ4v) is 2.10. The number of ether oxygens (including phenoxy) is 1. The van der Waals surface area contributed by atoms with Gasteiger partial charge in [-0.05, 0) is 6.07 Å². The molecule has 0 aliphatic carbocycles. The van der Waals surface area contributed by atoms with Crippen molar-refractivity contribution < 1.29 is 22.7 Å². The van der Waals surface area contributed by atoms with E-state index in [1.54, 1.807) is 13.0 Å². The van der Waals surface area contributed by atoms with Gasteiger partial charge in [-0.2, -0.15) is 33.9 Å². The SMILES string of the molecule is CCC(=O)OCC(C#N)N=Nc1c(Cl)cc(C(F)(F)F)c(C#N)c1Cl. The highest BCUT2D eigenvalue weighted by molar-refractivity contribution is 6.39. The molecule has 0 heterocycles. The quantitative estimate of drug-likeness (QED) is 0.529. The molecular formula is C14H9Cl2F3N4O2. The molecule has 11 heteroatoms. The van der Waals surface area contributed by atoms with Gasteiger partial charge in [0.15, 0.2) is 6.04 Å². The number of hydrogen-bond acceptors (Lipinski definition) is 6. The molecule has 0 saturated heterocycles. The van der Waals surface area contributed by atoms with E-state index >= 15 is 0 Å². The number of rotatable bonds is 5. The van der Waals surface area contributed by atoms with E-state index in [1.165, 1.54) is 6.07 Å². The maximum Gasteiger partial charge on any atom is 0.417 e. The second-order valence-electron chi connectivity index (χ2n) is 4.45. The Hall–Kier alpha value is -2.36. The Morgan fingerprint density at radius 3 is 2.52 bits per heavy atom. The Bertz CT molecular complexity index is 782. The van der Waals surface area contributed by atoms with Crippen molar-refractivity contribution in [3.05, 3.63) is 27.2 Å². The minimum absolute atomic E-state index is 0.0946. The molecule has 0 amide bonds. The molecule has 1 aromatic carbocycles. The summed E-state index contributed by atoms with van der Waals surface area (Å²) in [5, 5.41) is 23.8. The van der Waals surface area contributed by atoms with Gasteiger partial charge < -0.3 is 4.74 Å². The summed E-state index contributed by atoms with van der Waals surface area (Å²) in [5.41, 5.74) is -2.56. The number of halogens is 5. The Kier molecular flexibility index (Phi) is 7.16. The lowest BCUT2D eigenvalue weighted by atomic mass is 10.1. The zero-order valence-electron chi connectivity index (χ0n) is 12.6. The molecule has 6 nitrogen and oxygen atoms in total. The van der Waals surface area contributed by atoms with Gasteiger partial charge in [0.1, 0.15) is 18.4 Å². The smallest absolute Gasteiger partial charge is 0.417 e. The van der Waals surface area contributed by atoms with Gasteiger partial charge in [-0.25, -0.2) is 0 Å². The first-order chi connectivity index (χ1) is 11.6. The first kappa shape index (κ1) is 20.7. The number of hydrogen-bond donors (Lipinski definition) is 0. The van der Waals surface area contributed by atoms with Crippen LogP contribution in [0.25, 0.3) is 0 Å². The van der Waals surface area contributed by atoms with Crippen molar-refractivity contribution in [1.29, 1.82) is 10.5 Å². The van der Waals surface area contributed by atoms with Crippen molar-refractivity contribution in [1.82, 2.24) is 0 Å². The van der Waals surface area contributed by atoms with Crippen molar-refractivity contribution in [2.24, 2.45) is 10.2 Å². The fourth-order valence-electron chi connectivity index (χ4n) is 1.53. The van der Waals surface area contributed by atoms with Crippen molar-refractivity contribution in [3.8, 4) is 12.1 Å². The van der Waals surface area contributed by atoms with Crippen LogP contribution in [0.15, 0.2) is 16.3 Å². The van der Waals surface area contributed by atoms with Gasteiger partial charge in [0.05, 0.1) is 27.2 Å². The topological polar surface area (TPSA) is 98.6 Å². The van der Waals surface area contributed by atoms with Gasteiger partial charge in [0.2, 0.25) is 0 Å². The minimum atomic E-state index is -4.84. The van der Waals surface area contributed by atoms with Crippen molar-refractivity contribution >= 4 is 34.9 Å². The van der Waals surface area contributed by atoms with Crippen LogP contribution in [0.3, 0.4) is 0 Å². The summed E-state index contributed by atoms with van der Waals surface area (Å²) in [6.07, 6.45) is -4.74. The Labute approximate surface area is 150 Å². The molecule has 0 fully saturated rings. The second kappa shape index (κ2) is 8.65. The zero-order chi connectivity index (χ0) is 19.2. The van der Waals surface area contributed by atoms with E-state index in [4.69, 9.17) is 38.5 Å². The normalized spacial score (nSPS) is 12.5. The third kappa shape index (κ3) is 5.31. The monoisotopic (exact) mass is 392 g/mol. The van der Waals surface area contributed by atoms with Crippen LogP contribution in [0.5, 0.6) is 0 Å². The second-order valence-corrected chi connectivity index (χ2v) is 5.24. The van der Waals surface area contributed by atoms with Crippen LogP contribution < -0.4 is 0 Å². The molecular weight excluding hydrogens is 384 g/mol. The summed E-state index contributed by atoms with van der Waals surface area (Å²) in [5.74, 6) is -0.562. The molecule has 25 heavy (non-hydrogen) atoms. The van der Waals surface area contributed by atoms with Gasteiger partial charge in [-0.3, -0.25) is 4.79 Å². The first-order valence-corrected chi connectivity index (χ1v) is 7.36. The Morgan fingerprint density at radius 1 is 1.40 bits per heavy atom. The summed E-state index contributed by atoms with van der Waals surface area (Å²) in [6, 6.07) is 2.31. The van der Waals surface area contributed by atoms with E-state index in [0.717, 1.165) is 0 Å². The van der Waals surface area contributed by atoms with E-state index in [-0.39, 0.29) is 6.42 Å². The van der Waals surface area contributed by atoms with E-state index in [0.29, 0.717) is 6.07 Å². The fraction of sp³-hybridized carbons (Fsp3) is 0.357. The molecule has 0 bridgehead atoms. The van der Waals surface area contributed by atoms with Crippen LogP contribution >= 0.6 is 23.2 Å². The lowest BCUT2D eigenvalue weighted by molar-refractivity contribution is -0.143. The lowest BCUT2D eigenvalue weighted by Gasteiger charge is -2.12. The number of carbonyl (C=O) groups is 1. The summed E-state index contributed by atoms with van der Waals surface area (Å²) in [7, 11) is 0. The molecule has 1 atom stereocenters. The maximum absolute atomic E-state index is 12.9. The highest BCUT2D eigenvalue weighted by Crippen LogP contribution is 2.43. The molecule has 0 aliphatic rings. The summed E-state index contributed by atoms with van der Waals surface area (Å²) in [6.45, 7) is 1.16. The minimum Gasteiger partial charge on any atom is -0.462 e. The zero-order valence-corrected chi connectivity index (χ0v) is 14.1. The average molecular weight is 393 g/mol. The van der Waals surface area contributed by atoms with Gasteiger partial charge >= 0.3 is 12.1 Å². The van der Waals surface area contributed by atoms with Crippen LogP contribution in [0, 0.1) is 22.7 Å². The molecule has 1 aromatic rings. The number of nitriles is 2. The number of nitrogens with zero attached hydrogens (tertiary/aromatic N) is 4. The molecule has 132 valence electrons. The van der Waals surface area contributed by atoms with Crippen LogP contribution in [0.2, 0.25) is 10.0 Å². The van der Waals surface area contributed by atoms with Gasteiger partial charge in [0, 0.05) is 6.42 Å². The highest BCUT2D eigenvalue weighted by Gasteiger charge is 2.36. The Balaban J connectivity index is 3.20. The molecule has 0 N–H and O–H groups in total. The Morgan fingerprint density at radius 2 is 2.04 bits per heavy atom. The van der Waals surface area contributed by atoms with E-state index in [1.807, 2.05) is 0 Å². The van der Waals surface area contributed by atoms with Crippen molar-refractivity contribution in [3.63, 3.8) is 0 Å². The number of azo groups is 1. The predicted molar refractivity (Wildman–Crippen MR) is 81.3 cm³/mol. The van der Waals surface area contributed by atoms with Crippen molar-refractivity contribution in [2.75, 3.05) is 6.61 Å². The summed E-state index contributed by atoms with van der Waals surface area (Å²) < 4.78 is 43.4. The molecule has 0 radical (unpaired) electrons. The maximum atomic E-state index is 12.9. The van der Waals surface area contributed by atoms with E-state index in [9.17, 15) is 18.0 Å². The number of carbonyl (C=O) groups excluding carboxylic acids is 1. The number of esters is 1. The number of alkyl halides is 3. The van der Waals surface area contributed by atoms with Crippen LogP contribution in [-0.4, -0.2) is 18.6 Å². The molecule has 0 spiro atoms. The molecule has 0 saturated carbocycles. The van der Waals surface area contributed by atoms with Crippen LogP contribution in [-0.2, 0) is 15.7 Å². The molecule has 0 aliphatic heterocycles. The summed E-state index contributed by atoms with van der Waals surface area (Å²) in [4.78, 5) is 11.0. The van der Waals surface area contributed by atoms with Crippen LogP contribution in [0.4, 0.5) is 18.9 Å². The predicted octanol–water partition coefficient (Wildman–Crippen LogP) is 4.81. The standard InChI is InChI=1S/C14H9Cl2F3N4O2/c1-2-11(24)25-6-7(4-20)22-23-13-10(15)3-9(14(17,18)19)8(5-21)12(13)16/h3,7H,2,6H2,1H3. The van der Waals surface area contributed by atoms with E-state index in [2.05, 4.69) is 10.2 Å². The highest BCUT2D eigenvalue weighted by atomic mass is 35.5. The lowest BCUT2D eigenvalue weighted by Crippen LogP contribution is -2.14. The van der Waals surface area contributed by atoms with Crippen LogP contribution in [0.1, 0.15) is 24.5 Å². The van der Waals surface area contributed by atoms with Gasteiger partial charge in [-0.1, -0.05) is 30.1 Å². The molecule has 0 aromatic heterocycles. The molecule has 1 unspecified atom stereocenters. The molecule has 1 rings (SSSR count). The first-order valence-electron chi connectivity index (χ1n) is 6.61. The van der Waals surface area contributed by atoms with Crippen molar-refractivity contribution in [2.45, 2.75) is 25.6 Å². The van der Waals surface area contributed by atoms with E-state index < -0.39 is 51.7 Å². The summed E-state index contributed by atoms with van der Waals surface area (Å²) >= 11 is 11.5. The third-order valence-electron chi connectivity index (χ3n) is 2.75.